The van der Waals surface area contributed by atoms with Crippen LogP contribution in [0.3, 0.4) is 0 Å². The molecule has 0 unspecified atom stereocenters. The van der Waals surface area contributed by atoms with Crippen LogP contribution in [0.25, 0.3) is 16.3 Å². The minimum Gasteiger partial charge on any atom is -0.497 e. The summed E-state index contributed by atoms with van der Waals surface area (Å²) in [5.41, 5.74) is 7.67. The number of ether oxygens (including phenoxy) is 1. The SMILES string of the molecule is COc1ccc2cnn(C(=O)C=[N+]=[N-])c(=O)c2c1. The largest absolute Gasteiger partial charge is 0.497 e. The first-order valence-electron chi connectivity index (χ1n) is 4.95. The van der Waals surface area contributed by atoms with Crippen molar-refractivity contribution in [2.75, 3.05) is 7.11 Å². The van der Waals surface area contributed by atoms with E-state index in [1.165, 1.54) is 19.4 Å². The van der Waals surface area contributed by atoms with Crippen LogP contribution in [0.4, 0.5) is 0 Å². The Hall–Kier alpha value is -2.79. The molecule has 18 heavy (non-hydrogen) atoms. The van der Waals surface area contributed by atoms with Gasteiger partial charge >= 0.3 is 12.1 Å². The van der Waals surface area contributed by atoms with E-state index in [-0.39, 0.29) is 0 Å². The monoisotopic (exact) mass is 244 g/mol. The molecule has 90 valence electrons. The summed E-state index contributed by atoms with van der Waals surface area (Å²) >= 11 is 0. The zero-order valence-corrected chi connectivity index (χ0v) is 9.40. The van der Waals surface area contributed by atoms with Gasteiger partial charge in [-0.15, -0.1) is 0 Å². The average Bonchev–Trinajstić information content (AvgIpc) is 2.39. The zero-order chi connectivity index (χ0) is 13.1. The summed E-state index contributed by atoms with van der Waals surface area (Å²) < 4.78 is 5.62. The van der Waals surface area contributed by atoms with Gasteiger partial charge in [-0.05, 0) is 18.2 Å². The first-order valence-corrected chi connectivity index (χ1v) is 4.95. The van der Waals surface area contributed by atoms with Crippen molar-refractivity contribution in [3.05, 3.63) is 40.3 Å². The van der Waals surface area contributed by atoms with Crippen molar-refractivity contribution in [2.45, 2.75) is 0 Å². The average molecular weight is 244 g/mol. The van der Waals surface area contributed by atoms with Crippen molar-refractivity contribution in [2.24, 2.45) is 0 Å². The lowest BCUT2D eigenvalue weighted by molar-refractivity contribution is 0.00110. The predicted octanol–water partition coefficient (Wildman–Crippen LogP) is 0.346. The number of nitrogens with zero attached hydrogens (tertiary/aromatic N) is 4. The van der Waals surface area contributed by atoms with Crippen LogP contribution in [-0.2, 0) is 0 Å². The van der Waals surface area contributed by atoms with Crippen LogP contribution in [-0.4, -0.2) is 33.8 Å². The van der Waals surface area contributed by atoms with E-state index in [4.69, 9.17) is 10.3 Å². The highest BCUT2D eigenvalue weighted by Gasteiger charge is 2.12. The second-order valence-electron chi connectivity index (χ2n) is 3.40. The van der Waals surface area contributed by atoms with E-state index in [9.17, 15) is 9.59 Å². The maximum absolute atomic E-state index is 12.0. The molecule has 1 heterocycles. The van der Waals surface area contributed by atoms with Crippen LogP contribution in [0, 0.1) is 0 Å². The number of aromatic nitrogens is 2. The molecular weight excluding hydrogens is 236 g/mol. The Bertz CT molecular complexity index is 729. The summed E-state index contributed by atoms with van der Waals surface area (Å²) in [6, 6.07) is 4.86. The first-order chi connectivity index (χ1) is 8.67. The Labute approximate surface area is 101 Å². The summed E-state index contributed by atoms with van der Waals surface area (Å²) in [7, 11) is 1.48. The van der Waals surface area contributed by atoms with E-state index < -0.39 is 11.5 Å². The van der Waals surface area contributed by atoms with Crippen molar-refractivity contribution in [3.8, 4) is 5.75 Å². The number of carbonyl (C=O) groups is 1. The lowest BCUT2D eigenvalue weighted by Crippen LogP contribution is -2.30. The van der Waals surface area contributed by atoms with Gasteiger partial charge in [0.2, 0.25) is 0 Å². The van der Waals surface area contributed by atoms with Gasteiger partial charge in [0, 0.05) is 5.39 Å². The first kappa shape index (κ1) is 11.7. The minimum absolute atomic E-state index is 0.295. The van der Waals surface area contributed by atoms with Gasteiger partial charge in [-0.3, -0.25) is 9.59 Å². The summed E-state index contributed by atoms with van der Waals surface area (Å²) in [5.74, 6) is -0.326. The van der Waals surface area contributed by atoms with Crippen LogP contribution in [0.2, 0.25) is 0 Å². The fourth-order valence-electron chi connectivity index (χ4n) is 1.51. The molecule has 0 saturated heterocycles. The summed E-state index contributed by atoms with van der Waals surface area (Å²) in [5, 5.41) is 4.58. The summed E-state index contributed by atoms with van der Waals surface area (Å²) in [4.78, 5) is 26.0. The molecule has 1 aromatic heterocycles. The third-order valence-corrected chi connectivity index (χ3v) is 2.37. The van der Waals surface area contributed by atoms with Gasteiger partial charge in [0.1, 0.15) is 5.75 Å². The molecule has 0 bridgehead atoms. The van der Waals surface area contributed by atoms with E-state index in [2.05, 4.69) is 9.89 Å². The minimum atomic E-state index is -0.827. The van der Waals surface area contributed by atoms with Crippen LogP contribution in [0.15, 0.2) is 29.2 Å². The van der Waals surface area contributed by atoms with Crippen molar-refractivity contribution in [3.63, 3.8) is 0 Å². The molecule has 1 aromatic carbocycles. The third kappa shape index (κ3) is 1.90. The molecule has 0 aliphatic rings. The van der Waals surface area contributed by atoms with Crippen molar-refractivity contribution >= 4 is 22.9 Å². The van der Waals surface area contributed by atoms with Crippen molar-refractivity contribution < 1.29 is 14.3 Å². The molecule has 0 aliphatic carbocycles. The van der Waals surface area contributed by atoms with Crippen molar-refractivity contribution in [1.29, 1.82) is 0 Å². The van der Waals surface area contributed by atoms with Gasteiger partial charge in [0.15, 0.2) is 0 Å². The molecule has 0 spiro atoms. The topological polar surface area (TPSA) is 97.6 Å². The molecule has 2 aromatic rings. The van der Waals surface area contributed by atoms with Crippen molar-refractivity contribution in [1.82, 2.24) is 9.78 Å². The third-order valence-electron chi connectivity index (χ3n) is 2.37. The number of hydrogen-bond donors (Lipinski definition) is 0. The zero-order valence-electron chi connectivity index (χ0n) is 9.40. The van der Waals surface area contributed by atoms with E-state index in [0.717, 1.165) is 0 Å². The molecule has 0 N–H and O–H groups in total. The standard InChI is InChI=1S/C11H8N4O3/c1-18-8-3-2-7-5-14-15(10(16)6-13-12)11(17)9(7)4-8/h2-6H,1H3. The molecular formula is C11H8N4O3. The number of carbonyl (C=O) groups excluding carboxylic acids is 1. The highest BCUT2D eigenvalue weighted by Crippen LogP contribution is 2.16. The number of rotatable bonds is 2. The predicted molar refractivity (Wildman–Crippen MR) is 62.9 cm³/mol. The van der Waals surface area contributed by atoms with Gasteiger partial charge in [-0.1, -0.05) is 0 Å². The quantitative estimate of drug-likeness (QED) is 0.432. The maximum atomic E-state index is 12.0. The van der Waals surface area contributed by atoms with E-state index in [1.54, 1.807) is 12.1 Å². The Morgan fingerprint density at radius 1 is 1.56 bits per heavy atom. The number of methoxy groups -OCH3 is 1. The lowest BCUT2D eigenvalue weighted by atomic mass is 10.2. The molecule has 0 aliphatic heterocycles. The fraction of sp³-hybridized carbons (Fsp3) is 0.0909. The second kappa shape index (κ2) is 4.60. The summed E-state index contributed by atoms with van der Waals surface area (Å²) in [6.07, 6.45) is 1.97. The normalized spacial score (nSPS) is 9.83. The molecule has 0 radical (unpaired) electrons. The van der Waals surface area contributed by atoms with Gasteiger partial charge < -0.3 is 10.3 Å². The van der Waals surface area contributed by atoms with Gasteiger partial charge in [0.05, 0.1) is 18.7 Å². The Balaban J connectivity index is 2.73. The second-order valence-corrected chi connectivity index (χ2v) is 3.40. The Kier molecular flexibility index (Phi) is 2.99. The molecule has 0 saturated carbocycles. The van der Waals surface area contributed by atoms with Gasteiger partial charge in [0.25, 0.3) is 5.56 Å². The number of benzene rings is 1. The molecule has 2 rings (SSSR count). The molecule has 0 fully saturated rings. The van der Waals surface area contributed by atoms with Crippen LogP contribution < -0.4 is 10.3 Å². The Morgan fingerprint density at radius 2 is 2.33 bits per heavy atom. The smallest absolute Gasteiger partial charge is 0.356 e. The van der Waals surface area contributed by atoms with Gasteiger partial charge in [-0.2, -0.15) is 14.6 Å². The van der Waals surface area contributed by atoms with Gasteiger partial charge in [-0.25, -0.2) is 0 Å². The number of fused-ring (bicyclic) bond motifs is 1. The van der Waals surface area contributed by atoms with E-state index in [0.29, 0.717) is 27.4 Å². The van der Waals surface area contributed by atoms with Crippen LogP contribution >= 0.6 is 0 Å². The highest BCUT2D eigenvalue weighted by molar-refractivity contribution is 6.24. The highest BCUT2D eigenvalue weighted by atomic mass is 16.5. The molecule has 7 heteroatoms. The maximum Gasteiger partial charge on any atom is 0.356 e. The van der Waals surface area contributed by atoms with E-state index in [1.807, 2.05) is 0 Å². The molecule has 7 nitrogen and oxygen atoms in total. The Morgan fingerprint density at radius 3 is 3.00 bits per heavy atom. The summed E-state index contributed by atoms with van der Waals surface area (Å²) in [6.45, 7) is 0. The lowest BCUT2D eigenvalue weighted by Gasteiger charge is -2.03. The van der Waals surface area contributed by atoms with Crippen LogP contribution in [0.5, 0.6) is 5.75 Å². The van der Waals surface area contributed by atoms with Crippen LogP contribution in [0.1, 0.15) is 4.79 Å². The number of hydrogen-bond acceptors (Lipinski definition) is 4. The fourth-order valence-corrected chi connectivity index (χ4v) is 1.51. The van der Waals surface area contributed by atoms with E-state index >= 15 is 0 Å². The molecule has 0 atom stereocenters. The molecule has 0 amide bonds.